The molecule has 0 N–H and O–H groups in total. The zero-order chi connectivity index (χ0) is 9.14. The number of halogens is 1. The molecule has 0 unspecified atom stereocenters. The molecule has 6 radical (unpaired) electrons. The molecule has 0 aromatic heterocycles. The second-order valence-corrected chi connectivity index (χ2v) is 3.29. The lowest BCUT2D eigenvalue weighted by atomic mass is 9.67. The van der Waals surface area contributed by atoms with Crippen LogP contribution in [0.1, 0.15) is 5.56 Å². The first kappa shape index (κ1) is 9.72. The van der Waals surface area contributed by atoms with Gasteiger partial charge in [0.25, 0.3) is 0 Å². The lowest BCUT2D eigenvalue weighted by Gasteiger charge is -2.04. The summed E-state index contributed by atoms with van der Waals surface area (Å²) >= 11 is 3.31. The maximum atomic E-state index is 5.60. The van der Waals surface area contributed by atoms with Gasteiger partial charge in [-0.3, -0.25) is 0 Å². The molecule has 0 atom stereocenters. The lowest BCUT2D eigenvalue weighted by molar-refractivity contribution is 1.61. The fourth-order valence-corrected chi connectivity index (χ4v) is 1.06. The predicted octanol–water partition coefficient (Wildman–Crippen LogP) is 1.58. The first-order valence-electron chi connectivity index (χ1n) is 3.38. The van der Waals surface area contributed by atoms with Crippen LogP contribution >= 0.6 is 15.9 Å². The van der Waals surface area contributed by atoms with Crippen LogP contribution in [0.5, 0.6) is 0 Å². The Balaban J connectivity index is 3.06. The summed E-state index contributed by atoms with van der Waals surface area (Å²) in [7, 11) is 16.3. The van der Waals surface area contributed by atoms with E-state index in [9.17, 15) is 0 Å². The van der Waals surface area contributed by atoms with Crippen molar-refractivity contribution in [1.82, 2.24) is 0 Å². The molecule has 0 saturated heterocycles. The number of benzene rings is 1. The Kier molecular flexibility index (Phi) is 3.27. The van der Waals surface area contributed by atoms with E-state index < -0.39 is 0 Å². The molecule has 0 spiro atoms. The van der Waals surface area contributed by atoms with Crippen molar-refractivity contribution in [2.45, 2.75) is 0 Å². The van der Waals surface area contributed by atoms with E-state index in [1.54, 1.807) is 0 Å². The van der Waals surface area contributed by atoms with Crippen LogP contribution in [0.2, 0.25) is 0 Å². The molecule has 0 saturated carbocycles. The van der Waals surface area contributed by atoms with Crippen LogP contribution in [0.15, 0.2) is 34.1 Å². The third kappa shape index (κ3) is 2.31. The van der Waals surface area contributed by atoms with Gasteiger partial charge in [0.15, 0.2) is 0 Å². The van der Waals surface area contributed by atoms with Gasteiger partial charge in [-0.1, -0.05) is 28.1 Å². The summed E-state index contributed by atoms with van der Waals surface area (Å²) in [6.07, 6.45) is 0. The van der Waals surface area contributed by atoms with Gasteiger partial charge in [0.05, 0.1) is 15.7 Å². The topological polar surface area (TPSA) is 0 Å². The van der Waals surface area contributed by atoms with Crippen molar-refractivity contribution in [2.75, 3.05) is 0 Å². The van der Waals surface area contributed by atoms with E-state index in [2.05, 4.69) is 15.9 Å². The van der Waals surface area contributed by atoms with Gasteiger partial charge in [-0.15, -0.1) is 5.47 Å². The predicted molar refractivity (Wildman–Crippen MR) is 58.3 cm³/mol. The van der Waals surface area contributed by atoms with Gasteiger partial charge in [0.1, 0.15) is 7.85 Å². The van der Waals surface area contributed by atoms with Crippen molar-refractivity contribution in [3.8, 4) is 0 Å². The van der Waals surface area contributed by atoms with Gasteiger partial charge in [-0.25, -0.2) is 0 Å². The van der Waals surface area contributed by atoms with Crippen molar-refractivity contribution in [2.24, 2.45) is 0 Å². The highest BCUT2D eigenvalue weighted by Crippen LogP contribution is 2.16. The fraction of sp³-hybridized carbons (Fsp3) is 0. The van der Waals surface area contributed by atoms with Crippen LogP contribution in [0.25, 0.3) is 5.47 Å². The zero-order valence-electron chi connectivity index (χ0n) is 6.42. The third-order valence-corrected chi connectivity index (χ3v) is 1.99. The number of hydrogen-bond acceptors (Lipinski definition) is 0. The minimum absolute atomic E-state index is 0.150. The summed E-state index contributed by atoms with van der Waals surface area (Å²) in [4.78, 5) is 0. The molecule has 0 nitrogen and oxygen atoms in total. The summed E-state index contributed by atoms with van der Waals surface area (Å²) in [5.74, 6) is 0. The maximum Gasteiger partial charge on any atom is 0.112 e. The van der Waals surface area contributed by atoms with Crippen LogP contribution in [0.4, 0.5) is 0 Å². The molecule has 0 amide bonds. The second kappa shape index (κ2) is 4.04. The summed E-state index contributed by atoms with van der Waals surface area (Å²) in [6, 6.07) is 7.45. The molecule has 12 heavy (non-hydrogen) atoms. The van der Waals surface area contributed by atoms with E-state index in [0.29, 0.717) is 5.47 Å². The summed E-state index contributed by atoms with van der Waals surface area (Å²) < 4.78 is 0.995. The van der Waals surface area contributed by atoms with Gasteiger partial charge in [-0.2, -0.15) is 5.37 Å². The van der Waals surface area contributed by atoms with E-state index in [1.165, 1.54) is 0 Å². The summed E-state index contributed by atoms with van der Waals surface area (Å²) in [6.45, 7) is 0. The standard InChI is InChI=1S/C8H4B3Br/c9-7(8(10)11)5-1-3-6(12)4-2-5/h1-4H. The van der Waals surface area contributed by atoms with Crippen LogP contribution in [-0.4, -0.2) is 23.5 Å². The Morgan fingerprint density at radius 3 is 1.92 bits per heavy atom. The first-order valence-corrected chi connectivity index (χ1v) is 4.17. The lowest BCUT2D eigenvalue weighted by Crippen LogP contribution is -1.90. The molecular formula is C8H4B3Br. The van der Waals surface area contributed by atoms with Gasteiger partial charge >= 0.3 is 0 Å². The molecule has 0 fully saturated rings. The molecule has 0 aliphatic rings. The highest BCUT2D eigenvalue weighted by atomic mass is 79.9. The molecule has 1 rings (SSSR count). The number of hydrogen-bond donors (Lipinski definition) is 0. The Morgan fingerprint density at radius 2 is 1.50 bits per heavy atom. The molecular weight excluding hydrogens is 208 g/mol. The Hall–Kier alpha value is -0.365. The molecule has 0 heterocycles. The Bertz CT molecular complexity index is 299. The van der Waals surface area contributed by atoms with Gasteiger partial charge in [0.2, 0.25) is 0 Å². The average Bonchev–Trinajstić information content (AvgIpc) is 2.04. The van der Waals surface area contributed by atoms with Gasteiger partial charge < -0.3 is 0 Å². The molecule has 0 aliphatic heterocycles. The molecule has 0 bridgehead atoms. The van der Waals surface area contributed by atoms with Crippen LogP contribution in [0.3, 0.4) is 0 Å². The Morgan fingerprint density at radius 1 is 1.00 bits per heavy atom. The average molecular weight is 212 g/mol. The Labute approximate surface area is 84.8 Å². The monoisotopic (exact) mass is 212 g/mol. The van der Waals surface area contributed by atoms with E-state index in [-0.39, 0.29) is 5.37 Å². The van der Waals surface area contributed by atoms with Crippen molar-refractivity contribution in [1.29, 1.82) is 0 Å². The minimum atomic E-state index is 0.150. The van der Waals surface area contributed by atoms with Crippen molar-refractivity contribution < 1.29 is 0 Å². The normalized spacial score (nSPS) is 9.42. The third-order valence-electron chi connectivity index (χ3n) is 1.47. The van der Waals surface area contributed by atoms with E-state index >= 15 is 0 Å². The highest BCUT2D eigenvalue weighted by Gasteiger charge is 1.95. The molecule has 52 valence electrons. The smallest absolute Gasteiger partial charge is 0.112 e. The molecule has 4 heteroatoms. The quantitative estimate of drug-likeness (QED) is 0.620. The summed E-state index contributed by atoms with van der Waals surface area (Å²) in [5, 5.41) is 0.150. The first-order chi connectivity index (χ1) is 5.61. The summed E-state index contributed by atoms with van der Waals surface area (Å²) in [5.41, 5.74) is 1.25. The van der Waals surface area contributed by atoms with Crippen LogP contribution in [-0.2, 0) is 0 Å². The fourth-order valence-electron chi connectivity index (χ4n) is 0.796. The molecule has 0 aliphatic carbocycles. The number of rotatable bonds is 1. The largest absolute Gasteiger partial charge is 0.167 e. The molecule has 1 aromatic carbocycles. The van der Waals surface area contributed by atoms with E-state index in [4.69, 9.17) is 23.5 Å². The van der Waals surface area contributed by atoms with Crippen molar-refractivity contribution in [3.05, 3.63) is 39.7 Å². The van der Waals surface area contributed by atoms with Crippen molar-refractivity contribution in [3.63, 3.8) is 0 Å². The zero-order valence-corrected chi connectivity index (χ0v) is 8.01. The molecule has 1 aromatic rings. The van der Waals surface area contributed by atoms with Gasteiger partial charge in [0, 0.05) is 4.47 Å². The van der Waals surface area contributed by atoms with Crippen molar-refractivity contribution >= 4 is 44.9 Å². The SMILES string of the molecule is [B]C([B])=C([B])c1ccc(Br)cc1. The van der Waals surface area contributed by atoms with Crippen LogP contribution < -0.4 is 0 Å². The highest BCUT2D eigenvalue weighted by molar-refractivity contribution is 9.10. The van der Waals surface area contributed by atoms with E-state index in [0.717, 1.165) is 10.0 Å². The van der Waals surface area contributed by atoms with E-state index in [1.807, 2.05) is 24.3 Å². The van der Waals surface area contributed by atoms with Crippen LogP contribution in [0, 0.1) is 0 Å². The minimum Gasteiger partial charge on any atom is -0.167 e. The maximum absolute atomic E-state index is 5.60. The van der Waals surface area contributed by atoms with Gasteiger partial charge in [-0.05, 0) is 17.7 Å². The second-order valence-electron chi connectivity index (χ2n) is 2.38.